The molecular formula is C11H15BrN2O2S. The molecule has 3 N–H and O–H groups in total. The molecule has 0 saturated heterocycles. The number of anilines is 1. The van der Waals surface area contributed by atoms with Crippen LogP contribution in [-0.4, -0.2) is 28.2 Å². The van der Waals surface area contributed by atoms with E-state index < -0.39 is 10.8 Å². The molecule has 1 atom stereocenters. The van der Waals surface area contributed by atoms with Crippen LogP contribution in [-0.2, 0) is 10.8 Å². The number of nitrogen functional groups attached to an aromatic ring is 1. The third-order valence-corrected chi connectivity index (χ3v) is 4.22. The minimum Gasteiger partial charge on any atom is -0.398 e. The fraction of sp³-hybridized carbons (Fsp3) is 0.364. The van der Waals surface area contributed by atoms with Crippen molar-refractivity contribution in [2.24, 2.45) is 0 Å². The number of nitrogens with one attached hydrogen (secondary N) is 1. The van der Waals surface area contributed by atoms with Gasteiger partial charge in [-0.25, -0.2) is 0 Å². The topological polar surface area (TPSA) is 72.2 Å². The van der Waals surface area contributed by atoms with Gasteiger partial charge in [-0.1, -0.05) is 6.92 Å². The van der Waals surface area contributed by atoms with Gasteiger partial charge in [0, 0.05) is 44.6 Å². The summed E-state index contributed by atoms with van der Waals surface area (Å²) in [7, 11) is -0.855. The molecule has 0 bridgehead atoms. The highest BCUT2D eigenvalue weighted by molar-refractivity contribution is 9.10. The van der Waals surface area contributed by atoms with Gasteiger partial charge in [0.05, 0.1) is 0 Å². The van der Waals surface area contributed by atoms with Crippen molar-refractivity contribution in [3.8, 4) is 0 Å². The predicted molar refractivity (Wildman–Crippen MR) is 74.4 cm³/mol. The lowest BCUT2D eigenvalue weighted by Crippen LogP contribution is -2.28. The summed E-state index contributed by atoms with van der Waals surface area (Å²) in [4.78, 5) is 11.7. The molecule has 4 nitrogen and oxygen atoms in total. The summed E-state index contributed by atoms with van der Waals surface area (Å²) in [5, 5.41) is 2.71. The van der Waals surface area contributed by atoms with E-state index in [4.69, 9.17) is 5.73 Å². The zero-order valence-corrected chi connectivity index (χ0v) is 11.9. The molecule has 17 heavy (non-hydrogen) atoms. The Morgan fingerprint density at radius 2 is 2.24 bits per heavy atom. The van der Waals surface area contributed by atoms with Crippen LogP contribution < -0.4 is 11.1 Å². The average Bonchev–Trinajstić information content (AvgIpc) is 2.32. The highest BCUT2D eigenvalue weighted by atomic mass is 79.9. The predicted octanol–water partition coefficient (Wildman–Crippen LogP) is 1.53. The SMILES string of the molecule is CCS(=O)CCNC(=O)c1ccc(Br)c(N)c1. The first-order valence-electron chi connectivity index (χ1n) is 5.22. The van der Waals surface area contributed by atoms with Crippen molar-refractivity contribution in [2.45, 2.75) is 6.92 Å². The average molecular weight is 319 g/mol. The van der Waals surface area contributed by atoms with Gasteiger partial charge in [0.1, 0.15) is 0 Å². The molecule has 0 fully saturated rings. The molecule has 1 aromatic carbocycles. The fourth-order valence-electron chi connectivity index (χ4n) is 1.21. The van der Waals surface area contributed by atoms with Gasteiger partial charge in [-0.15, -0.1) is 0 Å². The smallest absolute Gasteiger partial charge is 0.251 e. The Hall–Kier alpha value is -0.880. The molecule has 0 aliphatic heterocycles. The Labute approximate surface area is 112 Å². The fourth-order valence-corrected chi connectivity index (χ4v) is 2.07. The first-order valence-corrected chi connectivity index (χ1v) is 7.51. The van der Waals surface area contributed by atoms with Gasteiger partial charge >= 0.3 is 0 Å². The normalized spacial score (nSPS) is 12.1. The van der Waals surface area contributed by atoms with E-state index in [2.05, 4.69) is 21.2 Å². The van der Waals surface area contributed by atoms with Crippen LogP contribution in [0.5, 0.6) is 0 Å². The van der Waals surface area contributed by atoms with Crippen molar-refractivity contribution in [1.29, 1.82) is 0 Å². The Kier molecular flexibility index (Phi) is 5.64. The highest BCUT2D eigenvalue weighted by Gasteiger charge is 2.07. The number of halogens is 1. The second-order valence-corrected chi connectivity index (χ2v) is 6.14. The molecule has 1 rings (SSSR count). The molecule has 0 saturated carbocycles. The number of hydrogen-bond donors (Lipinski definition) is 2. The van der Waals surface area contributed by atoms with E-state index in [1.807, 2.05) is 6.92 Å². The Morgan fingerprint density at radius 1 is 1.53 bits per heavy atom. The molecule has 1 aromatic rings. The minimum absolute atomic E-state index is 0.197. The van der Waals surface area contributed by atoms with E-state index in [-0.39, 0.29) is 5.91 Å². The van der Waals surface area contributed by atoms with Crippen molar-refractivity contribution in [1.82, 2.24) is 5.32 Å². The number of benzene rings is 1. The molecule has 94 valence electrons. The lowest BCUT2D eigenvalue weighted by molar-refractivity contribution is 0.0956. The van der Waals surface area contributed by atoms with E-state index in [0.717, 1.165) is 4.47 Å². The number of rotatable bonds is 5. The zero-order chi connectivity index (χ0) is 12.8. The standard InChI is InChI=1S/C11H15BrN2O2S/c1-2-17(16)6-5-14-11(15)8-3-4-9(12)10(13)7-8/h3-4,7H,2,5-6,13H2,1H3,(H,14,15). The van der Waals surface area contributed by atoms with Crippen LogP contribution in [0.15, 0.2) is 22.7 Å². The summed E-state index contributed by atoms with van der Waals surface area (Å²) in [5.74, 6) is 0.896. The molecule has 0 heterocycles. The second kappa shape index (κ2) is 6.76. The van der Waals surface area contributed by atoms with Gasteiger partial charge in [-0.05, 0) is 34.1 Å². The van der Waals surface area contributed by atoms with E-state index in [0.29, 0.717) is 29.3 Å². The first kappa shape index (κ1) is 14.2. The van der Waals surface area contributed by atoms with Crippen LogP contribution in [0, 0.1) is 0 Å². The Balaban J connectivity index is 2.52. The van der Waals surface area contributed by atoms with E-state index in [1.165, 1.54) is 0 Å². The van der Waals surface area contributed by atoms with Crippen LogP contribution >= 0.6 is 15.9 Å². The van der Waals surface area contributed by atoms with Crippen LogP contribution in [0.3, 0.4) is 0 Å². The van der Waals surface area contributed by atoms with Gasteiger partial charge < -0.3 is 11.1 Å². The van der Waals surface area contributed by atoms with Crippen molar-refractivity contribution >= 4 is 38.3 Å². The molecule has 0 aliphatic carbocycles. The van der Waals surface area contributed by atoms with Gasteiger partial charge in [0.15, 0.2) is 0 Å². The van der Waals surface area contributed by atoms with Crippen molar-refractivity contribution < 1.29 is 9.00 Å². The van der Waals surface area contributed by atoms with Crippen LogP contribution in [0.4, 0.5) is 5.69 Å². The van der Waals surface area contributed by atoms with Gasteiger partial charge in [-0.2, -0.15) is 0 Å². The summed E-state index contributed by atoms with van der Waals surface area (Å²) in [6.45, 7) is 2.27. The largest absolute Gasteiger partial charge is 0.398 e. The Morgan fingerprint density at radius 3 is 2.82 bits per heavy atom. The number of nitrogens with two attached hydrogens (primary N) is 1. The van der Waals surface area contributed by atoms with E-state index in [9.17, 15) is 9.00 Å². The zero-order valence-electron chi connectivity index (χ0n) is 9.53. The van der Waals surface area contributed by atoms with Crippen LogP contribution in [0.1, 0.15) is 17.3 Å². The van der Waals surface area contributed by atoms with Gasteiger partial charge in [0.25, 0.3) is 5.91 Å². The van der Waals surface area contributed by atoms with Gasteiger partial charge in [0.2, 0.25) is 0 Å². The number of hydrogen-bond acceptors (Lipinski definition) is 3. The first-order chi connectivity index (χ1) is 8.04. The molecule has 0 aromatic heterocycles. The molecule has 0 aliphatic rings. The van der Waals surface area contributed by atoms with E-state index in [1.54, 1.807) is 18.2 Å². The van der Waals surface area contributed by atoms with Crippen molar-refractivity contribution in [3.63, 3.8) is 0 Å². The maximum Gasteiger partial charge on any atom is 0.251 e. The highest BCUT2D eigenvalue weighted by Crippen LogP contribution is 2.19. The Bertz CT molecular complexity index is 437. The summed E-state index contributed by atoms with van der Waals surface area (Å²) in [5.41, 5.74) is 6.71. The monoisotopic (exact) mass is 318 g/mol. The molecule has 1 unspecified atom stereocenters. The number of carbonyl (C=O) groups is 1. The summed E-state index contributed by atoms with van der Waals surface area (Å²) >= 11 is 3.26. The molecular weight excluding hydrogens is 304 g/mol. The number of carbonyl (C=O) groups excluding carboxylic acids is 1. The summed E-state index contributed by atoms with van der Waals surface area (Å²) in [6, 6.07) is 5.03. The lowest BCUT2D eigenvalue weighted by Gasteiger charge is -2.06. The third kappa shape index (κ3) is 4.47. The van der Waals surface area contributed by atoms with Crippen LogP contribution in [0.25, 0.3) is 0 Å². The maximum atomic E-state index is 11.7. The quantitative estimate of drug-likeness (QED) is 0.809. The maximum absolute atomic E-state index is 11.7. The number of amides is 1. The summed E-state index contributed by atoms with van der Waals surface area (Å²) < 4.78 is 11.9. The molecule has 0 spiro atoms. The summed E-state index contributed by atoms with van der Waals surface area (Å²) in [6.07, 6.45) is 0. The van der Waals surface area contributed by atoms with Gasteiger partial charge in [-0.3, -0.25) is 9.00 Å². The van der Waals surface area contributed by atoms with E-state index >= 15 is 0 Å². The second-order valence-electron chi connectivity index (χ2n) is 3.42. The lowest BCUT2D eigenvalue weighted by atomic mass is 10.2. The molecule has 1 amide bonds. The van der Waals surface area contributed by atoms with Crippen molar-refractivity contribution in [3.05, 3.63) is 28.2 Å². The third-order valence-electron chi connectivity index (χ3n) is 2.20. The molecule has 6 heteroatoms. The van der Waals surface area contributed by atoms with Crippen molar-refractivity contribution in [2.75, 3.05) is 23.8 Å². The van der Waals surface area contributed by atoms with Crippen LogP contribution in [0.2, 0.25) is 0 Å². The molecule has 0 radical (unpaired) electrons. The minimum atomic E-state index is -0.855.